The minimum Gasteiger partial charge on any atom is -0.497 e. The van der Waals surface area contributed by atoms with Crippen LogP contribution in [0.25, 0.3) is 0 Å². The second-order valence-corrected chi connectivity index (χ2v) is 7.13. The van der Waals surface area contributed by atoms with E-state index in [0.29, 0.717) is 22.8 Å². The highest BCUT2D eigenvalue weighted by atomic mass is 16.5. The summed E-state index contributed by atoms with van der Waals surface area (Å²) in [5, 5.41) is 3.75. The third kappa shape index (κ3) is 2.46. The van der Waals surface area contributed by atoms with E-state index in [0.717, 1.165) is 18.7 Å². The second kappa shape index (κ2) is 5.40. The van der Waals surface area contributed by atoms with E-state index in [-0.39, 0.29) is 0 Å². The van der Waals surface area contributed by atoms with Crippen LogP contribution in [-0.4, -0.2) is 13.7 Å². The van der Waals surface area contributed by atoms with E-state index in [1.807, 2.05) is 6.07 Å². The Morgan fingerprint density at radius 1 is 1.20 bits per heavy atom. The fourth-order valence-electron chi connectivity index (χ4n) is 3.64. The number of hydrogen-bond acceptors (Lipinski definition) is 2. The van der Waals surface area contributed by atoms with Gasteiger partial charge in [-0.3, -0.25) is 0 Å². The van der Waals surface area contributed by atoms with Gasteiger partial charge in [0, 0.05) is 6.04 Å². The first-order valence-corrected chi connectivity index (χ1v) is 7.73. The predicted octanol–water partition coefficient (Wildman–Crippen LogP) is 4.42. The van der Waals surface area contributed by atoms with Crippen LogP contribution in [0.1, 0.15) is 52.6 Å². The summed E-state index contributed by atoms with van der Waals surface area (Å²) >= 11 is 0. The van der Waals surface area contributed by atoms with Gasteiger partial charge in [0.15, 0.2) is 0 Å². The molecule has 0 aliphatic heterocycles. The summed E-state index contributed by atoms with van der Waals surface area (Å²) in [4.78, 5) is 0. The first kappa shape index (κ1) is 15.4. The van der Waals surface area contributed by atoms with Crippen molar-refractivity contribution in [3.8, 4) is 5.75 Å². The Labute approximate surface area is 123 Å². The molecule has 2 heteroatoms. The SMILES string of the molecule is CCCNC(c1cccc(OC)c1)C1C(C)(C)C1(C)C. The van der Waals surface area contributed by atoms with Crippen LogP contribution in [0.4, 0.5) is 0 Å². The number of nitrogens with one attached hydrogen (secondary N) is 1. The smallest absolute Gasteiger partial charge is 0.119 e. The van der Waals surface area contributed by atoms with Crippen molar-refractivity contribution in [2.24, 2.45) is 16.7 Å². The van der Waals surface area contributed by atoms with Crippen molar-refractivity contribution < 1.29 is 4.74 Å². The van der Waals surface area contributed by atoms with E-state index in [4.69, 9.17) is 4.74 Å². The van der Waals surface area contributed by atoms with Gasteiger partial charge in [0.2, 0.25) is 0 Å². The van der Waals surface area contributed by atoms with Crippen molar-refractivity contribution in [1.82, 2.24) is 5.32 Å². The lowest BCUT2D eigenvalue weighted by Gasteiger charge is -2.22. The van der Waals surface area contributed by atoms with Gasteiger partial charge in [0.05, 0.1) is 7.11 Å². The zero-order chi connectivity index (χ0) is 15.0. The minimum absolute atomic E-state index is 0.376. The Morgan fingerprint density at radius 3 is 2.35 bits per heavy atom. The summed E-state index contributed by atoms with van der Waals surface area (Å²) in [6.45, 7) is 12.8. The highest BCUT2D eigenvalue weighted by Crippen LogP contribution is 2.72. The molecule has 1 unspecified atom stereocenters. The summed E-state index contributed by atoms with van der Waals surface area (Å²) in [5.74, 6) is 1.61. The van der Waals surface area contributed by atoms with E-state index in [9.17, 15) is 0 Å². The van der Waals surface area contributed by atoms with Crippen molar-refractivity contribution in [3.63, 3.8) is 0 Å². The van der Waals surface area contributed by atoms with E-state index in [2.05, 4.69) is 58.1 Å². The maximum Gasteiger partial charge on any atom is 0.119 e. The molecule has 1 aromatic rings. The normalized spacial score (nSPS) is 21.5. The van der Waals surface area contributed by atoms with Crippen LogP contribution in [0.2, 0.25) is 0 Å². The zero-order valence-corrected chi connectivity index (χ0v) is 13.8. The summed E-state index contributed by atoms with van der Waals surface area (Å²) in [7, 11) is 1.73. The monoisotopic (exact) mass is 275 g/mol. The Hall–Kier alpha value is -1.02. The third-order valence-electron chi connectivity index (χ3n) is 5.53. The quantitative estimate of drug-likeness (QED) is 0.830. The topological polar surface area (TPSA) is 21.3 Å². The minimum atomic E-state index is 0.376. The lowest BCUT2D eigenvalue weighted by molar-refractivity contribution is 0.398. The standard InChI is InChI=1S/C18H29NO/c1-7-11-19-15(16-17(2,3)18(16,4)5)13-9-8-10-14(12-13)20-6/h8-10,12,15-16,19H,7,11H2,1-6H3. The molecule has 0 saturated heterocycles. The van der Waals surface area contributed by atoms with Crippen LogP contribution in [0, 0.1) is 16.7 Å². The average molecular weight is 275 g/mol. The average Bonchev–Trinajstić information content (AvgIpc) is 2.82. The molecule has 0 aromatic heterocycles. The molecule has 0 spiro atoms. The highest BCUT2D eigenvalue weighted by molar-refractivity contribution is 5.34. The van der Waals surface area contributed by atoms with Gasteiger partial charge in [-0.15, -0.1) is 0 Å². The first-order chi connectivity index (χ1) is 9.36. The first-order valence-electron chi connectivity index (χ1n) is 7.73. The van der Waals surface area contributed by atoms with Crippen LogP contribution in [-0.2, 0) is 0 Å². The molecule has 0 amide bonds. The fourth-order valence-corrected chi connectivity index (χ4v) is 3.64. The van der Waals surface area contributed by atoms with Gasteiger partial charge in [0.1, 0.15) is 5.75 Å². The molecule has 1 aromatic carbocycles. The van der Waals surface area contributed by atoms with Gasteiger partial charge in [0.25, 0.3) is 0 Å². The Balaban J connectivity index is 2.29. The molecule has 0 radical (unpaired) electrons. The van der Waals surface area contributed by atoms with Crippen molar-refractivity contribution >= 4 is 0 Å². The van der Waals surface area contributed by atoms with E-state index < -0.39 is 0 Å². The van der Waals surface area contributed by atoms with E-state index >= 15 is 0 Å². The fraction of sp³-hybridized carbons (Fsp3) is 0.667. The van der Waals surface area contributed by atoms with Crippen LogP contribution in [0.3, 0.4) is 0 Å². The predicted molar refractivity (Wildman–Crippen MR) is 85.1 cm³/mol. The molecular formula is C18H29NO. The van der Waals surface area contributed by atoms with Crippen LogP contribution >= 0.6 is 0 Å². The van der Waals surface area contributed by atoms with Crippen molar-refractivity contribution in [1.29, 1.82) is 0 Å². The van der Waals surface area contributed by atoms with Gasteiger partial charge >= 0.3 is 0 Å². The Bertz CT molecular complexity index is 450. The number of benzene rings is 1. The summed E-state index contributed by atoms with van der Waals surface area (Å²) in [6.07, 6.45) is 1.16. The highest BCUT2D eigenvalue weighted by Gasteiger charge is 2.67. The molecule has 0 heterocycles. The molecule has 20 heavy (non-hydrogen) atoms. The maximum absolute atomic E-state index is 5.39. The molecule has 0 bridgehead atoms. The molecule has 112 valence electrons. The van der Waals surface area contributed by atoms with Gasteiger partial charge in [-0.25, -0.2) is 0 Å². The van der Waals surface area contributed by atoms with E-state index in [1.165, 1.54) is 5.56 Å². The van der Waals surface area contributed by atoms with Crippen molar-refractivity contribution in [2.45, 2.75) is 47.1 Å². The number of hydrogen-bond donors (Lipinski definition) is 1. The summed E-state index contributed by atoms with van der Waals surface area (Å²) in [6, 6.07) is 8.92. The molecule has 2 nitrogen and oxygen atoms in total. The number of ether oxygens (including phenoxy) is 1. The van der Waals surface area contributed by atoms with Crippen LogP contribution < -0.4 is 10.1 Å². The largest absolute Gasteiger partial charge is 0.497 e. The van der Waals surface area contributed by atoms with E-state index in [1.54, 1.807) is 7.11 Å². The Kier molecular flexibility index (Phi) is 4.15. The van der Waals surface area contributed by atoms with Crippen molar-refractivity contribution in [2.75, 3.05) is 13.7 Å². The maximum atomic E-state index is 5.39. The number of methoxy groups -OCH3 is 1. The molecule has 1 saturated carbocycles. The summed E-state index contributed by atoms with van der Waals surface area (Å²) in [5.41, 5.74) is 2.10. The van der Waals surface area contributed by atoms with Crippen LogP contribution in [0.15, 0.2) is 24.3 Å². The zero-order valence-electron chi connectivity index (χ0n) is 13.8. The Morgan fingerprint density at radius 2 is 1.85 bits per heavy atom. The van der Waals surface area contributed by atoms with Crippen molar-refractivity contribution in [3.05, 3.63) is 29.8 Å². The van der Waals surface area contributed by atoms with Gasteiger partial charge < -0.3 is 10.1 Å². The molecule has 1 atom stereocenters. The summed E-state index contributed by atoms with van der Waals surface area (Å²) < 4.78 is 5.39. The molecule has 1 fully saturated rings. The molecule has 1 aliphatic rings. The molecule has 1 aliphatic carbocycles. The van der Waals surface area contributed by atoms with Gasteiger partial charge in [-0.1, -0.05) is 46.8 Å². The lowest BCUT2D eigenvalue weighted by atomic mass is 9.96. The molecular weight excluding hydrogens is 246 g/mol. The molecule has 2 rings (SSSR count). The van der Waals surface area contributed by atoms with Gasteiger partial charge in [-0.05, 0) is 47.4 Å². The number of rotatable bonds is 6. The second-order valence-electron chi connectivity index (χ2n) is 7.13. The van der Waals surface area contributed by atoms with Gasteiger partial charge in [-0.2, -0.15) is 0 Å². The van der Waals surface area contributed by atoms with Crippen LogP contribution in [0.5, 0.6) is 5.75 Å². The molecule has 1 N–H and O–H groups in total. The third-order valence-corrected chi connectivity index (χ3v) is 5.53. The lowest BCUT2D eigenvalue weighted by Crippen LogP contribution is -2.26.